The quantitative estimate of drug-likeness (QED) is 0.468. The van der Waals surface area contributed by atoms with Gasteiger partial charge < -0.3 is 15.6 Å². The van der Waals surface area contributed by atoms with Crippen molar-refractivity contribution in [2.75, 3.05) is 11.9 Å². The highest BCUT2D eigenvalue weighted by Gasteiger charge is 2.21. The largest absolute Gasteiger partial charge is 0.504 e. The van der Waals surface area contributed by atoms with Crippen molar-refractivity contribution in [1.29, 1.82) is 0 Å². The van der Waals surface area contributed by atoms with Crippen molar-refractivity contribution in [1.82, 2.24) is 0 Å². The number of nitrogens with one attached hydrogen (secondary N) is 1. The summed E-state index contributed by atoms with van der Waals surface area (Å²) in [6.07, 6.45) is -0.949. The minimum Gasteiger partial charge on any atom is -0.504 e. The average molecular weight is 353 g/mol. The molecule has 0 saturated heterocycles. The van der Waals surface area contributed by atoms with Gasteiger partial charge in [0.25, 0.3) is 10.1 Å². The number of hydrogen-bond acceptors (Lipinski definition) is 6. The lowest BCUT2D eigenvalue weighted by molar-refractivity contribution is 0.146. The van der Waals surface area contributed by atoms with Crippen molar-refractivity contribution in [3.63, 3.8) is 0 Å². The van der Waals surface area contributed by atoms with Crippen molar-refractivity contribution in [2.45, 2.75) is 24.8 Å². The molecule has 1 atom stereocenters. The normalized spacial score (nSPS) is 13.0. The van der Waals surface area contributed by atoms with Gasteiger partial charge in [-0.25, -0.2) is 4.79 Å². The second-order valence-electron chi connectivity index (χ2n) is 4.91. The number of halogens is 1. The highest BCUT2D eigenvalue weighted by atomic mass is 35.5. The number of rotatable bonds is 5. The van der Waals surface area contributed by atoms with Crippen LogP contribution in [0.3, 0.4) is 0 Å². The molecule has 0 aliphatic rings. The minimum atomic E-state index is -4.70. The van der Waals surface area contributed by atoms with E-state index in [2.05, 4.69) is 5.32 Å². The van der Waals surface area contributed by atoms with Crippen LogP contribution in [0.15, 0.2) is 17.0 Å². The molecule has 1 aromatic carbocycles. The first-order chi connectivity index (χ1) is 10.0. The van der Waals surface area contributed by atoms with Crippen LogP contribution >= 0.6 is 11.6 Å². The molecule has 0 aromatic heterocycles. The first-order valence-electron chi connectivity index (χ1n) is 6.21. The molecule has 0 heterocycles. The lowest BCUT2D eigenvalue weighted by Crippen LogP contribution is -2.33. The fourth-order valence-corrected chi connectivity index (χ4v) is 2.29. The van der Waals surface area contributed by atoms with Crippen LogP contribution in [0.25, 0.3) is 0 Å². The molecule has 5 N–H and O–H groups in total. The van der Waals surface area contributed by atoms with Crippen molar-refractivity contribution >= 4 is 33.5 Å². The predicted molar refractivity (Wildman–Crippen MR) is 80.7 cm³/mol. The van der Waals surface area contributed by atoms with Gasteiger partial charge in [0.2, 0.25) is 0 Å². The fraction of sp³-hybridized carbons (Fsp3) is 0.417. The molecule has 0 spiro atoms. The molecule has 1 rings (SSSR count). The average Bonchev–Trinajstić information content (AvgIpc) is 2.38. The Kier molecular flexibility index (Phi) is 6.00. The summed E-state index contributed by atoms with van der Waals surface area (Å²) in [5, 5.41) is 11.8. The standard InChI is InChI=1S/C12H17ClN2O6S/c1-6(2)8(14)5-21-12(17)15-9-3-7(13)4-10(11(9)16)22(18,19)20/h3-4,6,8,16H,5,14H2,1-2H3,(H,15,17)(H,18,19,20). The Morgan fingerprint density at radius 3 is 2.55 bits per heavy atom. The van der Waals surface area contributed by atoms with E-state index in [1.165, 1.54) is 0 Å². The number of phenols is 1. The third-order valence-electron chi connectivity index (χ3n) is 2.82. The maximum absolute atomic E-state index is 11.6. The van der Waals surface area contributed by atoms with Crippen molar-refractivity contribution in [2.24, 2.45) is 11.7 Å². The molecule has 0 aliphatic carbocycles. The number of anilines is 1. The number of ether oxygens (including phenoxy) is 1. The van der Waals surface area contributed by atoms with Gasteiger partial charge in [-0.2, -0.15) is 8.42 Å². The fourth-order valence-electron chi connectivity index (χ4n) is 1.38. The number of benzene rings is 1. The van der Waals surface area contributed by atoms with Gasteiger partial charge in [-0.05, 0) is 18.1 Å². The number of hydrogen-bond donors (Lipinski definition) is 4. The van der Waals surface area contributed by atoms with Crippen LogP contribution < -0.4 is 11.1 Å². The van der Waals surface area contributed by atoms with E-state index in [1.54, 1.807) is 0 Å². The third-order valence-corrected chi connectivity index (χ3v) is 3.90. The van der Waals surface area contributed by atoms with Crippen LogP contribution in [0.2, 0.25) is 5.02 Å². The van der Waals surface area contributed by atoms with Gasteiger partial charge in [0.05, 0.1) is 5.69 Å². The number of nitrogens with two attached hydrogens (primary N) is 1. The van der Waals surface area contributed by atoms with Gasteiger partial charge in [-0.15, -0.1) is 0 Å². The summed E-state index contributed by atoms with van der Waals surface area (Å²) in [6, 6.07) is 1.58. The zero-order valence-corrected chi connectivity index (χ0v) is 13.5. The number of carbonyl (C=O) groups excluding carboxylic acids is 1. The maximum Gasteiger partial charge on any atom is 0.411 e. The van der Waals surface area contributed by atoms with E-state index < -0.39 is 26.9 Å². The first-order valence-corrected chi connectivity index (χ1v) is 8.03. The zero-order valence-electron chi connectivity index (χ0n) is 11.9. The Morgan fingerprint density at radius 1 is 1.45 bits per heavy atom. The second-order valence-corrected chi connectivity index (χ2v) is 6.73. The predicted octanol–water partition coefficient (Wildman–Crippen LogP) is 1.82. The number of amides is 1. The summed E-state index contributed by atoms with van der Waals surface area (Å²) in [7, 11) is -4.70. The Labute approximate surface area is 133 Å². The molecule has 1 unspecified atom stereocenters. The molecule has 22 heavy (non-hydrogen) atoms. The molecular weight excluding hydrogens is 336 g/mol. The van der Waals surface area contributed by atoms with Gasteiger partial charge in [-0.3, -0.25) is 9.87 Å². The van der Waals surface area contributed by atoms with E-state index in [0.717, 1.165) is 12.1 Å². The highest BCUT2D eigenvalue weighted by molar-refractivity contribution is 7.86. The lowest BCUT2D eigenvalue weighted by atomic mass is 10.1. The van der Waals surface area contributed by atoms with Crippen LogP contribution in [-0.4, -0.2) is 36.8 Å². The molecule has 0 radical (unpaired) electrons. The first kappa shape index (κ1) is 18.5. The van der Waals surface area contributed by atoms with Gasteiger partial charge in [0.15, 0.2) is 5.75 Å². The third kappa shape index (κ3) is 5.02. The van der Waals surface area contributed by atoms with E-state index >= 15 is 0 Å². The summed E-state index contributed by atoms with van der Waals surface area (Å²) in [5.74, 6) is -0.754. The van der Waals surface area contributed by atoms with E-state index in [0.29, 0.717) is 0 Å². The summed E-state index contributed by atoms with van der Waals surface area (Å²) in [4.78, 5) is 10.8. The molecular formula is C12H17ClN2O6S. The van der Waals surface area contributed by atoms with E-state index in [9.17, 15) is 18.3 Å². The van der Waals surface area contributed by atoms with Gasteiger partial charge in [0.1, 0.15) is 11.5 Å². The molecule has 124 valence electrons. The summed E-state index contributed by atoms with van der Waals surface area (Å²) < 4.78 is 36.1. The van der Waals surface area contributed by atoms with E-state index in [1.807, 2.05) is 13.8 Å². The molecule has 0 bridgehead atoms. The Bertz CT molecular complexity index is 662. The molecule has 0 aliphatic heterocycles. The van der Waals surface area contributed by atoms with Crippen molar-refractivity contribution in [3.05, 3.63) is 17.2 Å². The zero-order chi connectivity index (χ0) is 17.1. The van der Waals surface area contributed by atoms with Crippen LogP contribution in [0.4, 0.5) is 10.5 Å². The highest BCUT2D eigenvalue weighted by Crippen LogP contribution is 2.34. The molecule has 0 saturated carbocycles. The van der Waals surface area contributed by atoms with Gasteiger partial charge in [-0.1, -0.05) is 25.4 Å². The van der Waals surface area contributed by atoms with Gasteiger partial charge in [0, 0.05) is 11.1 Å². The van der Waals surface area contributed by atoms with Crippen LogP contribution in [0.1, 0.15) is 13.8 Å². The van der Waals surface area contributed by atoms with Crippen LogP contribution in [0.5, 0.6) is 5.75 Å². The number of phenolic OH excluding ortho intramolecular Hbond substituents is 1. The SMILES string of the molecule is CC(C)C(N)COC(=O)Nc1cc(Cl)cc(S(=O)(=O)O)c1O. The molecule has 1 amide bonds. The smallest absolute Gasteiger partial charge is 0.411 e. The Hall–Kier alpha value is -1.55. The summed E-state index contributed by atoms with van der Waals surface area (Å²) in [5.41, 5.74) is 5.39. The van der Waals surface area contributed by atoms with E-state index in [4.69, 9.17) is 26.6 Å². The van der Waals surface area contributed by atoms with E-state index in [-0.39, 0.29) is 29.3 Å². The lowest BCUT2D eigenvalue weighted by Gasteiger charge is -2.16. The van der Waals surface area contributed by atoms with Crippen LogP contribution in [0, 0.1) is 5.92 Å². The molecule has 10 heteroatoms. The second kappa shape index (κ2) is 7.14. The van der Waals surface area contributed by atoms with Gasteiger partial charge >= 0.3 is 6.09 Å². The Morgan fingerprint density at radius 2 is 2.05 bits per heavy atom. The summed E-state index contributed by atoms with van der Waals surface area (Å²) in [6.45, 7) is 3.65. The van der Waals surface area contributed by atoms with Crippen molar-refractivity contribution < 1.29 is 27.6 Å². The number of aromatic hydroxyl groups is 1. The number of carbonyl (C=O) groups is 1. The summed E-state index contributed by atoms with van der Waals surface area (Å²) >= 11 is 5.68. The Balaban J connectivity index is 2.90. The monoisotopic (exact) mass is 352 g/mol. The molecule has 8 nitrogen and oxygen atoms in total. The minimum absolute atomic E-state index is 0.0595. The topological polar surface area (TPSA) is 139 Å². The van der Waals surface area contributed by atoms with Crippen LogP contribution in [-0.2, 0) is 14.9 Å². The molecule has 1 aromatic rings. The maximum atomic E-state index is 11.6. The molecule has 0 fully saturated rings. The van der Waals surface area contributed by atoms with Crippen molar-refractivity contribution in [3.8, 4) is 5.75 Å².